The molecule has 0 aromatic heterocycles. The summed E-state index contributed by atoms with van der Waals surface area (Å²) >= 11 is 5.80. The summed E-state index contributed by atoms with van der Waals surface area (Å²) in [4.78, 5) is 10.4. The van der Waals surface area contributed by atoms with E-state index in [2.05, 4.69) is 0 Å². The Morgan fingerprint density at radius 2 is 2.06 bits per heavy atom. The van der Waals surface area contributed by atoms with E-state index >= 15 is 0 Å². The zero-order chi connectivity index (χ0) is 11.8. The van der Waals surface area contributed by atoms with E-state index in [-0.39, 0.29) is 6.10 Å². The Balaban J connectivity index is 2.41. The normalized spacial score (nSPS) is 12.4. The minimum Gasteiger partial charge on any atom is -0.378 e. The second-order valence-corrected chi connectivity index (χ2v) is 4.08. The molecule has 3 heteroatoms. The minimum atomic E-state index is 0.0400. The number of carbonyl (C=O) groups is 1. The Hall–Kier alpha value is -0.860. The molecule has 2 nitrogen and oxygen atoms in total. The Bertz CT molecular complexity index is 308. The first-order valence-electron chi connectivity index (χ1n) is 5.56. The predicted octanol–water partition coefficient (Wildman–Crippen LogP) is 3.27. The average Bonchev–Trinajstić information content (AvgIpc) is 2.29. The van der Waals surface area contributed by atoms with E-state index in [9.17, 15) is 4.79 Å². The number of halogens is 1. The van der Waals surface area contributed by atoms with Crippen LogP contribution < -0.4 is 0 Å². The molecule has 16 heavy (non-hydrogen) atoms. The summed E-state index contributed by atoms with van der Waals surface area (Å²) in [6.45, 7) is 2.60. The first kappa shape index (κ1) is 13.2. The summed E-state index contributed by atoms with van der Waals surface area (Å²) in [7, 11) is 0. The number of aryl methyl sites for hydroxylation is 1. The molecule has 1 rings (SSSR count). The minimum absolute atomic E-state index is 0.0400. The van der Waals surface area contributed by atoms with Crippen molar-refractivity contribution in [3.8, 4) is 0 Å². The number of hydrogen-bond donors (Lipinski definition) is 0. The fraction of sp³-hybridized carbons (Fsp3) is 0.462. The van der Waals surface area contributed by atoms with Crippen LogP contribution in [0, 0.1) is 0 Å². The van der Waals surface area contributed by atoms with Gasteiger partial charge in [-0.1, -0.05) is 23.7 Å². The summed E-state index contributed by atoms with van der Waals surface area (Å²) in [6.07, 6.45) is 3.21. The lowest BCUT2D eigenvalue weighted by atomic mass is 10.1. The number of ether oxygens (including phenoxy) is 1. The van der Waals surface area contributed by atoms with Crippen molar-refractivity contribution in [1.29, 1.82) is 0 Å². The molecule has 0 N–H and O–H groups in total. The Kier molecular flexibility index (Phi) is 6.12. The molecule has 0 radical (unpaired) electrons. The lowest BCUT2D eigenvalue weighted by Gasteiger charge is -2.13. The van der Waals surface area contributed by atoms with E-state index in [0.717, 1.165) is 24.2 Å². The number of benzene rings is 1. The number of hydrogen-bond acceptors (Lipinski definition) is 2. The summed E-state index contributed by atoms with van der Waals surface area (Å²) in [5.74, 6) is 0. The first-order valence-corrected chi connectivity index (χ1v) is 5.93. The van der Waals surface area contributed by atoms with Gasteiger partial charge in [-0.3, -0.25) is 0 Å². The average molecular weight is 241 g/mol. The predicted molar refractivity (Wildman–Crippen MR) is 65.9 cm³/mol. The summed E-state index contributed by atoms with van der Waals surface area (Å²) in [5, 5.41) is 0.748. The molecule has 1 unspecified atom stereocenters. The molecule has 1 atom stereocenters. The molecule has 1 aromatic rings. The largest absolute Gasteiger partial charge is 0.378 e. The van der Waals surface area contributed by atoms with Crippen LogP contribution in [-0.4, -0.2) is 19.0 Å². The van der Waals surface area contributed by atoms with E-state index in [4.69, 9.17) is 16.3 Å². The van der Waals surface area contributed by atoms with Gasteiger partial charge in [0.2, 0.25) is 0 Å². The zero-order valence-corrected chi connectivity index (χ0v) is 10.2. The van der Waals surface area contributed by atoms with Gasteiger partial charge >= 0.3 is 0 Å². The molecule has 0 saturated carbocycles. The van der Waals surface area contributed by atoms with Gasteiger partial charge in [0.25, 0.3) is 0 Å². The van der Waals surface area contributed by atoms with Crippen molar-refractivity contribution in [2.75, 3.05) is 6.61 Å². The second kappa shape index (κ2) is 7.42. The summed E-state index contributed by atoms with van der Waals surface area (Å²) in [5.41, 5.74) is 1.22. The molecule has 1 aromatic carbocycles. The molecule has 0 aliphatic rings. The van der Waals surface area contributed by atoms with Crippen LogP contribution >= 0.6 is 11.6 Å². The van der Waals surface area contributed by atoms with Crippen LogP contribution in [0.1, 0.15) is 25.3 Å². The smallest absolute Gasteiger partial charge is 0.122 e. The molecule has 0 saturated heterocycles. The Morgan fingerprint density at radius 3 is 2.62 bits per heavy atom. The van der Waals surface area contributed by atoms with E-state index in [1.54, 1.807) is 0 Å². The lowest BCUT2D eigenvalue weighted by Crippen LogP contribution is -2.14. The Labute approximate surface area is 102 Å². The molecule has 0 aliphatic carbocycles. The third kappa shape index (κ3) is 4.77. The lowest BCUT2D eigenvalue weighted by molar-refractivity contribution is -0.110. The summed E-state index contributed by atoms with van der Waals surface area (Å²) < 4.78 is 5.47. The standard InChI is InChI=1S/C13H17ClO2/c1-2-16-13(9-10-15)8-5-11-3-6-12(14)7-4-11/h3-4,6-7,10,13H,2,5,8-9H2,1H3. The molecule has 0 amide bonds. The third-order valence-corrected chi connectivity index (χ3v) is 2.68. The SMILES string of the molecule is CCOC(CC=O)CCc1ccc(Cl)cc1. The van der Waals surface area contributed by atoms with Gasteiger partial charge < -0.3 is 9.53 Å². The highest BCUT2D eigenvalue weighted by Crippen LogP contribution is 2.13. The van der Waals surface area contributed by atoms with Gasteiger partial charge in [-0.15, -0.1) is 0 Å². The molecular weight excluding hydrogens is 224 g/mol. The number of carbonyl (C=O) groups excluding carboxylic acids is 1. The van der Waals surface area contributed by atoms with Crippen molar-refractivity contribution in [3.05, 3.63) is 34.9 Å². The monoisotopic (exact) mass is 240 g/mol. The summed E-state index contributed by atoms with van der Waals surface area (Å²) in [6, 6.07) is 7.77. The van der Waals surface area contributed by atoms with Gasteiger partial charge in [0, 0.05) is 18.1 Å². The van der Waals surface area contributed by atoms with Crippen molar-refractivity contribution in [2.45, 2.75) is 32.3 Å². The maximum absolute atomic E-state index is 10.4. The van der Waals surface area contributed by atoms with Crippen LogP contribution in [-0.2, 0) is 16.0 Å². The molecule has 0 aliphatic heterocycles. The highest BCUT2D eigenvalue weighted by atomic mass is 35.5. The fourth-order valence-electron chi connectivity index (χ4n) is 1.59. The van der Waals surface area contributed by atoms with Crippen molar-refractivity contribution in [3.63, 3.8) is 0 Å². The van der Waals surface area contributed by atoms with E-state index in [1.165, 1.54) is 5.56 Å². The van der Waals surface area contributed by atoms with Crippen LogP contribution in [0.5, 0.6) is 0 Å². The number of aldehydes is 1. The van der Waals surface area contributed by atoms with E-state index in [0.29, 0.717) is 13.0 Å². The first-order chi connectivity index (χ1) is 7.76. The van der Waals surface area contributed by atoms with E-state index in [1.807, 2.05) is 31.2 Å². The van der Waals surface area contributed by atoms with E-state index < -0.39 is 0 Å². The van der Waals surface area contributed by atoms with Gasteiger partial charge in [0.15, 0.2) is 0 Å². The van der Waals surface area contributed by atoms with Gasteiger partial charge in [-0.2, -0.15) is 0 Å². The molecule has 0 fully saturated rings. The van der Waals surface area contributed by atoms with Gasteiger partial charge in [-0.25, -0.2) is 0 Å². The maximum Gasteiger partial charge on any atom is 0.122 e. The van der Waals surface area contributed by atoms with Crippen LogP contribution in [0.15, 0.2) is 24.3 Å². The second-order valence-electron chi connectivity index (χ2n) is 3.64. The zero-order valence-electron chi connectivity index (χ0n) is 9.49. The van der Waals surface area contributed by atoms with Gasteiger partial charge in [0.05, 0.1) is 6.10 Å². The van der Waals surface area contributed by atoms with Crippen LogP contribution in [0.2, 0.25) is 5.02 Å². The highest BCUT2D eigenvalue weighted by Gasteiger charge is 2.07. The maximum atomic E-state index is 10.4. The van der Waals surface area contributed by atoms with Gasteiger partial charge in [-0.05, 0) is 37.5 Å². The molecule has 0 bridgehead atoms. The van der Waals surface area contributed by atoms with Crippen molar-refractivity contribution >= 4 is 17.9 Å². The van der Waals surface area contributed by atoms with Crippen molar-refractivity contribution in [1.82, 2.24) is 0 Å². The molecule has 0 heterocycles. The fourth-order valence-corrected chi connectivity index (χ4v) is 1.72. The quantitative estimate of drug-likeness (QED) is 0.684. The molecule has 88 valence electrons. The van der Waals surface area contributed by atoms with Crippen molar-refractivity contribution < 1.29 is 9.53 Å². The number of rotatable bonds is 7. The highest BCUT2D eigenvalue weighted by molar-refractivity contribution is 6.30. The van der Waals surface area contributed by atoms with Gasteiger partial charge in [0.1, 0.15) is 6.29 Å². The molecule has 0 spiro atoms. The molecular formula is C13H17ClO2. The van der Waals surface area contributed by atoms with Crippen LogP contribution in [0.4, 0.5) is 0 Å². The van der Waals surface area contributed by atoms with Crippen LogP contribution in [0.3, 0.4) is 0 Å². The Morgan fingerprint density at radius 1 is 1.38 bits per heavy atom. The van der Waals surface area contributed by atoms with Crippen molar-refractivity contribution in [2.24, 2.45) is 0 Å². The topological polar surface area (TPSA) is 26.3 Å². The van der Waals surface area contributed by atoms with Crippen LogP contribution in [0.25, 0.3) is 0 Å². The third-order valence-electron chi connectivity index (χ3n) is 2.43.